The molecule has 0 amide bonds. The van der Waals surface area contributed by atoms with Crippen molar-refractivity contribution in [2.45, 2.75) is 31.8 Å². The molecule has 0 bridgehead atoms. The van der Waals surface area contributed by atoms with Crippen LogP contribution in [0, 0.1) is 0 Å². The fraction of sp³-hybridized carbons (Fsp3) is 0.385. The summed E-state index contributed by atoms with van der Waals surface area (Å²) in [5.74, 6) is 0. The fourth-order valence-electron chi connectivity index (χ4n) is 2.01. The molecular weight excluding hydrogens is 287 g/mol. The van der Waals surface area contributed by atoms with E-state index < -0.39 is 6.10 Å². The molecule has 1 nitrogen and oxygen atoms in total. The van der Waals surface area contributed by atoms with Gasteiger partial charge in [0.15, 0.2) is 0 Å². The van der Waals surface area contributed by atoms with Gasteiger partial charge in [-0.2, -0.15) is 0 Å². The summed E-state index contributed by atoms with van der Waals surface area (Å²) in [6, 6.07) is 5.62. The maximum absolute atomic E-state index is 10.2. The van der Waals surface area contributed by atoms with Gasteiger partial charge in [0.25, 0.3) is 0 Å². The van der Waals surface area contributed by atoms with Crippen LogP contribution in [0.1, 0.15) is 37.4 Å². The molecule has 2 rings (SSSR count). The minimum absolute atomic E-state index is 0.495. The largest absolute Gasteiger partial charge is 0.384 e. The second kappa shape index (κ2) is 5.35. The molecule has 1 aromatic carbocycles. The predicted octanol–water partition coefficient (Wildman–Crippen LogP) is 4.64. The molecule has 0 aromatic heterocycles. The highest BCUT2D eigenvalue weighted by atomic mass is 79.9. The van der Waals surface area contributed by atoms with Crippen molar-refractivity contribution >= 4 is 27.5 Å². The maximum atomic E-state index is 10.2. The summed E-state index contributed by atoms with van der Waals surface area (Å²) in [4.78, 5) is 0. The molecule has 1 aliphatic carbocycles. The molecule has 0 fully saturated rings. The van der Waals surface area contributed by atoms with Gasteiger partial charge in [-0.25, -0.2) is 0 Å². The Bertz CT molecular complexity index is 414. The van der Waals surface area contributed by atoms with Crippen molar-refractivity contribution in [2.75, 3.05) is 0 Å². The lowest BCUT2D eigenvalue weighted by Crippen LogP contribution is -2.04. The van der Waals surface area contributed by atoms with E-state index in [0.717, 1.165) is 28.5 Å². The van der Waals surface area contributed by atoms with Gasteiger partial charge >= 0.3 is 0 Å². The minimum Gasteiger partial charge on any atom is -0.384 e. The van der Waals surface area contributed by atoms with Gasteiger partial charge in [0.2, 0.25) is 0 Å². The van der Waals surface area contributed by atoms with E-state index in [2.05, 4.69) is 22.0 Å². The Morgan fingerprint density at radius 3 is 2.75 bits per heavy atom. The molecule has 16 heavy (non-hydrogen) atoms. The van der Waals surface area contributed by atoms with E-state index in [4.69, 9.17) is 11.6 Å². The van der Waals surface area contributed by atoms with Crippen LogP contribution in [0.3, 0.4) is 0 Å². The Morgan fingerprint density at radius 2 is 2.12 bits per heavy atom. The van der Waals surface area contributed by atoms with Gasteiger partial charge in [0.1, 0.15) is 6.10 Å². The summed E-state index contributed by atoms with van der Waals surface area (Å²) in [5, 5.41) is 10.9. The smallest absolute Gasteiger partial charge is 0.100 e. The molecule has 1 N–H and O–H groups in total. The van der Waals surface area contributed by atoms with Crippen LogP contribution in [0.25, 0.3) is 0 Å². The molecule has 3 heteroatoms. The molecule has 1 aromatic rings. The van der Waals surface area contributed by atoms with Gasteiger partial charge in [-0.1, -0.05) is 23.7 Å². The zero-order valence-corrected chi connectivity index (χ0v) is 11.3. The van der Waals surface area contributed by atoms with Crippen molar-refractivity contribution in [3.63, 3.8) is 0 Å². The number of allylic oxidation sites excluding steroid dienone is 1. The number of benzene rings is 1. The highest BCUT2D eigenvalue weighted by molar-refractivity contribution is 9.10. The first-order valence-corrected chi connectivity index (χ1v) is 6.67. The third kappa shape index (κ3) is 2.68. The monoisotopic (exact) mass is 300 g/mol. The Kier molecular flexibility index (Phi) is 4.06. The molecule has 1 unspecified atom stereocenters. The van der Waals surface area contributed by atoms with Crippen molar-refractivity contribution in [2.24, 2.45) is 0 Å². The second-order valence-electron chi connectivity index (χ2n) is 4.10. The topological polar surface area (TPSA) is 20.2 Å². The molecule has 1 aliphatic rings. The number of aliphatic hydroxyl groups is 1. The van der Waals surface area contributed by atoms with E-state index in [1.807, 2.05) is 18.2 Å². The zero-order valence-electron chi connectivity index (χ0n) is 8.92. The van der Waals surface area contributed by atoms with Crippen LogP contribution in [0.2, 0.25) is 5.02 Å². The molecule has 86 valence electrons. The van der Waals surface area contributed by atoms with Crippen LogP contribution in [0.5, 0.6) is 0 Å². The Labute approximate surface area is 109 Å². The van der Waals surface area contributed by atoms with E-state index >= 15 is 0 Å². The summed E-state index contributed by atoms with van der Waals surface area (Å²) < 4.78 is 0.864. The third-order valence-corrected chi connectivity index (χ3v) is 4.17. The second-order valence-corrected chi connectivity index (χ2v) is 5.36. The first kappa shape index (κ1) is 12.2. The van der Waals surface area contributed by atoms with Crippen molar-refractivity contribution in [3.05, 3.63) is 44.9 Å². The molecular formula is C13H14BrClO. The van der Waals surface area contributed by atoms with E-state index in [0.29, 0.717) is 5.02 Å². The lowest BCUT2D eigenvalue weighted by atomic mass is 9.92. The first-order chi connectivity index (χ1) is 7.68. The van der Waals surface area contributed by atoms with Gasteiger partial charge < -0.3 is 5.11 Å². The van der Waals surface area contributed by atoms with Crippen LogP contribution in [0.15, 0.2) is 34.3 Å². The van der Waals surface area contributed by atoms with Gasteiger partial charge in [-0.3, -0.25) is 0 Å². The summed E-state index contributed by atoms with van der Waals surface area (Å²) in [6.07, 6.45) is 6.14. The van der Waals surface area contributed by atoms with E-state index in [1.165, 1.54) is 12.8 Å². The van der Waals surface area contributed by atoms with Gasteiger partial charge in [0, 0.05) is 4.47 Å². The number of halogens is 2. The molecule has 0 radical (unpaired) electrons. The molecule has 0 spiro atoms. The highest BCUT2D eigenvalue weighted by Crippen LogP contribution is 2.32. The maximum Gasteiger partial charge on any atom is 0.100 e. The lowest BCUT2D eigenvalue weighted by molar-refractivity contribution is 0.208. The molecule has 0 saturated heterocycles. The minimum atomic E-state index is -0.495. The molecule has 0 heterocycles. The van der Waals surface area contributed by atoms with Crippen molar-refractivity contribution in [3.8, 4) is 0 Å². The Balaban J connectivity index is 2.22. The average Bonchev–Trinajstić information content (AvgIpc) is 2.33. The first-order valence-electron chi connectivity index (χ1n) is 5.50. The molecule has 1 atom stereocenters. The van der Waals surface area contributed by atoms with Gasteiger partial charge in [-0.05, 0) is 64.9 Å². The van der Waals surface area contributed by atoms with Crippen molar-refractivity contribution in [1.82, 2.24) is 0 Å². The van der Waals surface area contributed by atoms with Gasteiger partial charge in [0.05, 0.1) is 5.02 Å². The van der Waals surface area contributed by atoms with E-state index in [9.17, 15) is 5.11 Å². The predicted molar refractivity (Wildman–Crippen MR) is 70.7 cm³/mol. The summed E-state index contributed by atoms with van der Waals surface area (Å²) in [6.45, 7) is 0. The van der Waals surface area contributed by atoms with Crippen LogP contribution >= 0.6 is 27.5 Å². The van der Waals surface area contributed by atoms with E-state index in [1.54, 1.807) is 0 Å². The number of rotatable bonds is 2. The number of hydrogen-bond donors (Lipinski definition) is 1. The van der Waals surface area contributed by atoms with Crippen LogP contribution in [-0.4, -0.2) is 5.11 Å². The average molecular weight is 302 g/mol. The zero-order chi connectivity index (χ0) is 11.5. The van der Waals surface area contributed by atoms with E-state index in [-0.39, 0.29) is 0 Å². The van der Waals surface area contributed by atoms with Crippen molar-refractivity contribution < 1.29 is 5.11 Å². The summed E-state index contributed by atoms with van der Waals surface area (Å²) in [5.41, 5.74) is 2.01. The lowest BCUT2D eigenvalue weighted by Gasteiger charge is -2.19. The fourth-order valence-corrected chi connectivity index (χ4v) is 2.44. The Morgan fingerprint density at radius 1 is 1.31 bits per heavy atom. The number of aliphatic hydroxyl groups excluding tert-OH is 1. The van der Waals surface area contributed by atoms with Crippen LogP contribution in [-0.2, 0) is 0 Å². The highest BCUT2D eigenvalue weighted by Gasteiger charge is 2.16. The van der Waals surface area contributed by atoms with Crippen LogP contribution in [0.4, 0.5) is 0 Å². The SMILES string of the molecule is OC(C1=CCCCC1)c1ccc(Br)c(Cl)c1. The van der Waals surface area contributed by atoms with Crippen molar-refractivity contribution in [1.29, 1.82) is 0 Å². The molecule has 0 aliphatic heterocycles. The summed E-state index contributed by atoms with van der Waals surface area (Å²) >= 11 is 9.37. The third-order valence-electron chi connectivity index (χ3n) is 2.94. The summed E-state index contributed by atoms with van der Waals surface area (Å²) in [7, 11) is 0. The normalized spacial score (nSPS) is 18.1. The quantitative estimate of drug-likeness (QED) is 0.789. The number of hydrogen-bond acceptors (Lipinski definition) is 1. The van der Waals surface area contributed by atoms with Crippen LogP contribution < -0.4 is 0 Å². The molecule has 0 saturated carbocycles. The van der Waals surface area contributed by atoms with Gasteiger partial charge in [-0.15, -0.1) is 0 Å². The standard InChI is InChI=1S/C13H14BrClO/c14-11-7-6-10(8-12(11)15)13(16)9-4-2-1-3-5-9/h4,6-8,13,16H,1-3,5H2. The Hall–Kier alpha value is -0.310.